The van der Waals surface area contributed by atoms with Crippen molar-refractivity contribution in [2.24, 2.45) is 0 Å². The molecule has 3 N–H and O–H groups in total. The van der Waals surface area contributed by atoms with Gasteiger partial charge in [-0.25, -0.2) is 9.97 Å². The van der Waals surface area contributed by atoms with Gasteiger partial charge >= 0.3 is 0 Å². The Hall–Kier alpha value is -1.88. The molecule has 0 fully saturated rings. The summed E-state index contributed by atoms with van der Waals surface area (Å²) in [5.41, 5.74) is 7.42. The van der Waals surface area contributed by atoms with Crippen LogP contribution in [0.4, 0.5) is 17.3 Å². The molecule has 0 unspecified atom stereocenters. The Kier molecular flexibility index (Phi) is 2.87. The minimum Gasteiger partial charge on any atom is -0.382 e. The molecule has 0 amide bonds. The van der Waals surface area contributed by atoms with Crippen LogP contribution in [-0.4, -0.2) is 15.0 Å². The molecule has 5 nitrogen and oxygen atoms in total. The summed E-state index contributed by atoms with van der Waals surface area (Å²) < 4.78 is 0. The number of nitrogens with one attached hydrogen (secondary N) is 1. The van der Waals surface area contributed by atoms with Gasteiger partial charge in [-0.3, -0.25) is 4.98 Å². The number of rotatable bonds is 2. The second kappa shape index (κ2) is 4.32. The van der Waals surface area contributed by atoms with Crippen LogP contribution in [0.1, 0.15) is 5.56 Å². The monoisotopic (exact) mass is 235 g/mol. The Labute approximate surface area is 97.7 Å². The van der Waals surface area contributed by atoms with Crippen molar-refractivity contribution in [2.45, 2.75) is 6.92 Å². The molecule has 0 atom stereocenters. The Morgan fingerprint density at radius 3 is 2.88 bits per heavy atom. The van der Waals surface area contributed by atoms with Crippen molar-refractivity contribution < 1.29 is 0 Å². The topological polar surface area (TPSA) is 76.7 Å². The standard InChI is InChI=1S/C10H10ClN5/c1-6-2-7(4-13-3-6)16-10-8(11)9(12)14-5-15-10/h2-5H,1H3,(H3,12,14,15,16). The lowest BCUT2D eigenvalue weighted by molar-refractivity contribution is 1.17. The van der Waals surface area contributed by atoms with E-state index >= 15 is 0 Å². The third kappa shape index (κ3) is 2.20. The van der Waals surface area contributed by atoms with Crippen molar-refractivity contribution in [3.05, 3.63) is 35.4 Å². The number of nitrogens with zero attached hydrogens (tertiary/aromatic N) is 3. The minimum absolute atomic E-state index is 0.250. The predicted octanol–water partition coefficient (Wildman–Crippen LogP) is 2.16. The van der Waals surface area contributed by atoms with Crippen molar-refractivity contribution in [1.82, 2.24) is 15.0 Å². The molecule has 2 aromatic heterocycles. The highest BCUT2D eigenvalue weighted by Gasteiger charge is 2.06. The van der Waals surface area contributed by atoms with Crippen molar-refractivity contribution in [1.29, 1.82) is 0 Å². The molecule has 16 heavy (non-hydrogen) atoms. The van der Waals surface area contributed by atoms with Gasteiger partial charge in [-0.2, -0.15) is 0 Å². The van der Waals surface area contributed by atoms with Gasteiger partial charge in [0, 0.05) is 6.20 Å². The van der Waals surface area contributed by atoms with Crippen LogP contribution in [0.5, 0.6) is 0 Å². The molecule has 0 aliphatic rings. The molecule has 82 valence electrons. The normalized spacial score (nSPS) is 10.1. The predicted molar refractivity (Wildman–Crippen MR) is 63.7 cm³/mol. The number of nitrogen functional groups attached to an aromatic ring is 1. The molecule has 0 aromatic carbocycles. The van der Waals surface area contributed by atoms with Crippen molar-refractivity contribution >= 4 is 28.9 Å². The lowest BCUT2D eigenvalue weighted by Crippen LogP contribution is -2.00. The highest BCUT2D eigenvalue weighted by molar-refractivity contribution is 6.35. The second-order valence-electron chi connectivity index (χ2n) is 3.30. The third-order valence-corrected chi connectivity index (χ3v) is 2.33. The molecule has 0 radical (unpaired) electrons. The average Bonchev–Trinajstić information content (AvgIpc) is 2.25. The lowest BCUT2D eigenvalue weighted by atomic mass is 10.3. The Balaban J connectivity index is 2.31. The van der Waals surface area contributed by atoms with Gasteiger partial charge in [-0.15, -0.1) is 0 Å². The SMILES string of the molecule is Cc1cncc(Nc2ncnc(N)c2Cl)c1. The number of aryl methyl sites for hydroxylation is 1. The summed E-state index contributed by atoms with van der Waals surface area (Å²) in [4.78, 5) is 11.8. The fraction of sp³-hybridized carbons (Fsp3) is 0.100. The van der Waals surface area contributed by atoms with E-state index in [-0.39, 0.29) is 5.82 Å². The van der Waals surface area contributed by atoms with E-state index in [1.54, 1.807) is 12.4 Å². The molecule has 0 bridgehead atoms. The van der Waals surface area contributed by atoms with Crippen molar-refractivity contribution in [3.8, 4) is 0 Å². The molecule has 2 aromatic rings. The van der Waals surface area contributed by atoms with E-state index in [2.05, 4.69) is 20.3 Å². The lowest BCUT2D eigenvalue weighted by Gasteiger charge is -2.07. The summed E-state index contributed by atoms with van der Waals surface area (Å²) in [5, 5.41) is 3.34. The molecule has 6 heteroatoms. The highest BCUT2D eigenvalue weighted by atomic mass is 35.5. The Morgan fingerprint density at radius 1 is 1.31 bits per heavy atom. The summed E-state index contributed by atoms with van der Waals surface area (Å²) >= 11 is 5.95. The summed E-state index contributed by atoms with van der Waals surface area (Å²) in [6, 6.07) is 1.93. The summed E-state index contributed by atoms with van der Waals surface area (Å²) in [6.45, 7) is 1.95. The summed E-state index contributed by atoms with van der Waals surface area (Å²) in [7, 11) is 0. The van der Waals surface area contributed by atoms with Gasteiger partial charge in [0.05, 0.1) is 11.9 Å². The zero-order valence-corrected chi connectivity index (χ0v) is 9.36. The first-order chi connectivity index (χ1) is 7.66. The van der Waals surface area contributed by atoms with Gasteiger partial charge in [-0.05, 0) is 18.6 Å². The first-order valence-corrected chi connectivity index (χ1v) is 4.99. The van der Waals surface area contributed by atoms with Crippen LogP contribution in [0.3, 0.4) is 0 Å². The van der Waals surface area contributed by atoms with Crippen LogP contribution in [-0.2, 0) is 0 Å². The van der Waals surface area contributed by atoms with Crippen LogP contribution in [0.25, 0.3) is 0 Å². The molecular weight excluding hydrogens is 226 g/mol. The first-order valence-electron chi connectivity index (χ1n) is 4.61. The van der Waals surface area contributed by atoms with E-state index in [0.717, 1.165) is 11.3 Å². The smallest absolute Gasteiger partial charge is 0.154 e. The first kappa shape index (κ1) is 10.6. The molecule has 0 spiro atoms. The summed E-state index contributed by atoms with van der Waals surface area (Å²) in [6.07, 6.45) is 4.80. The molecule has 0 aliphatic heterocycles. The number of aromatic nitrogens is 3. The molecule has 2 rings (SSSR count). The van der Waals surface area contributed by atoms with Gasteiger partial charge < -0.3 is 11.1 Å². The zero-order valence-electron chi connectivity index (χ0n) is 8.61. The van der Waals surface area contributed by atoms with E-state index in [1.807, 2.05) is 13.0 Å². The van der Waals surface area contributed by atoms with E-state index in [4.69, 9.17) is 17.3 Å². The number of nitrogens with two attached hydrogens (primary N) is 1. The molecule has 2 heterocycles. The molecular formula is C10H10ClN5. The average molecular weight is 236 g/mol. The van der Waals surface area contributed by atoms with Crippen LogP contribution in [0, 0.1) is 6.92 Å². The second-order valence-corrected chi connectivity index (χ2v) is 3.68. The maximum Gasteiger partial charge on any atom is 0.154 e. The quantitative estimate of drug-likeness (QED) is 0.834. The van der Waals surface area contributed by atoms with Gasteiger partial charge in [-0.1, -0.05) is 11.6 Å². The number of halogens is 1. The van der Waals surface area contributed by atoms with Crippen molar-refractivity contribution in [3.63, 3.8) is 0 Å². The maximum absolute atomic E-state index is 5.95. The maximum atomic E-state index is 5.95. The minimum atomic E-state index is 0.250. The van der Waals surface area contributed by atoms with Crippen LogP contribution in [0.2, 0.25) is 5.02 Å². The summed E-state index contributed by atoms with van der Waals surface area (Å²) in [5.74, 6) is 0.723. The van der Waals surface area contributed by atoms with Gasteiger partial charge in [0.25, 0.3) is 0 Å². The fourth-order valence-corrected chi connectivity index (χ4v) is 1.38. The van der Waals surface area contributed by atoms with Gasteiger partial charge in [0.15, 0.2) is 5.82 Å². The van der Waals surface area contributed by atoms with Gasteiger partial charge in [0.2, 0.25) is 0 Å². The number of hydrogen-bond acceptors (Lipinski definition) is 5. The Morgan fingerprint density at radius 2 is 2.12 bits per heavy atom. The number of pyridine rings is 1. The van der Waals surface area contributed by atoms with Crippen LogP contribution in [0.15, 0.2) is 24.8 Å². The highest BCUT2D eigenvalue weighted by Crippen LogP contribution is 2.26. The molecule has 0 aliphatic carbocycles. The molecule has 0 saturated heterocycles. The third-order valence-electron chi connectivity index (χ3n) is 1.95. The van der Waals surface area contributed by atoms with Crippen LogP contribution >= 0.6 is 11.6 Å². The van der Waals surface area contributed by atoms with E-state index in [1.165, 1.54) is 6.33 Å². The number of hydrogen-bond donors (Lipinski definition) is 2. The van der Waals surface area contributed by atoms with Crippen molar-refractivity contribution in [2.75, 3.05) is 11.1 Å². The largest absolute Gasteiger partial charge is 0.382 e. The van der Waals surface area contributed by atoms with E-state index in [0.29, 0.717) is 10.8 Å². The Bertz CT molecular complexity index is 514. The van der Waals surface area contributed by atoms with Gasteiger partial charge in [0.1, 0.15) is 17.2 Å². The fourth-order valence-electron chi connectivity index (χ4n) is 1.23. The molecule has 0 saturated carbocycles. The van der Waals surface area contributed by atoms with Crippen LogP contribution < -0.4 is 11.1 Å². The van der Waals surface area contributed by atoms with E-state index < -0.39 is 0 Å². The van der Waals surface area contributed by atoms with E-state index in [9.17, 15) is 0 Å². The zero-order chi connectivity index (χ0) is 11.5. The number of anilines is 3.